The molecule has 0 rings (SSSR count). The lowest BCUT2D eigenvalue weighted by atomic mass is 9.74. The Hall–Kier alpha value is -0.0800. The molecule has 86 valence electrons. The van der Waals surface area contributed by atoms with E-state index in [4.69, 9.17) is 9.47 Å². The van der Waals surface area contributed by atoms with Crippen molar-refractivity contribution in [2.75, 3.05) is 20.3 Å². The first-order valence-corrected chi connectivity index (χ1v) is 5.30. The van der Waals surface area contributed by atoms with E-state index in [9.17, 15) is 0 Å². The van der Waals surface area contributed by atoms with Crippen molar-refractivity contribution in [2.24, 2.45) is 10.8 Å². The highest BCUT2D eigenvalue weighted by Crippen LogP contribution is 2.35. The Balaban J connectivity index is 4.28. The van der Waals surface area contributed by atoms with Crippen LogP contribution >= 0.6 is 0 Å². The molecule has 0 saturated carbocycles. The molecular weight excluding hydrogens is 176 g/mol. The van der Waals surface area contributed by atoms with Crippen LogP contribution in [0.5, 0.6) is 0 Å². The summed E-state index contributed by atoms with van der Waals surface area (Å²) in [5.74, 6) is 0. The van der Waals surface area contributed by atoms with Crippen molar-refractivity contribution in [2.45, 2.75) is 47.6 Å². The van der Waals surface area contributed by atoms with E-state index < -0.39 is 0 Å². The fraction of sp³-hybridized carbons (Fsp3) is 1.00. The van der Waals surface area contributed by atoms with Crippen LogP contribution in [0.4, 0.5) is 0 Å². The lowest BCUT2D eigenvalue weighted by Gasteiger charge is -2.40. The van der Waals surface area contributed by atoms with Crippen LogP contribution in [0, 0.1) is 10.8 Å². The summed E-state index contributed by atoms with van der Waals surface area (Å²) >= 11 is 0. The van der Waals surface area contributed by atoms with Gasteiger partial charge in [0, 0.05) is 7.11 Å². The third-order valence-electron chi connectivity index (χ3n) is 2.15. The molecule has 0 bridgehead atoms. The van der Waals surface area contributed by atoms with Crippen LogP contribution in [-0.2, 0) is 9.47 Å². The predicted molar refractivity (Wildman–Crippen MR) is 60.5 cm³/mol. The second kappa shape index (κ2) is 5.13. The summed E-state index contributed by atoms with van der Waals surface area (Å²) < 4.78 is 10.9. The summed E-state index contributed by atoms with van der Waals surface area (Å²) in [5, 5.41) is 0. The predicted octanol–water partition coefficient (Wildman–Crippen LogP) is 3.11. The first-order valence-electron chi connectivity index (χ1n) is 5.30. The minimum atomic E-state index is 0.173. The number of hydrogen-bond donors (Lipinski definition) is 0. The molecule has 14 heavy (non-hydrogen) atoms. The average Bonchev–Trinajstić information content (AvgIpc) is 1.92. The molecule has 0 aliphatic carbocycles. The molecule has 0 unspecified atom stereocenters. The minimum absolute atomic E-state index is 0.173. The zero-order valence-electron chi connectivity index (χ0n) is 10.8. The van der Waals surface area contributed by atoms with E-state index >= 15 is 0 Å². The molecule has 0 aromatic rings. The zero-order chi connectivity index (χ0) is 11.4. The third kappa shape index (κ3) is 4.97. The van der Waals surface area contributed by atoms with Gasteiger partial charge < -0.3 is 9.47 Å². The molecule has 0 amide bonds. The van der Waals surface area contributed by atoms with Crippen molar-refractivity contribution in [3.8, 4) is 0 Å². The number of ether oxygens (including phenoxy) is 2. The van der Waals surface area contributed by atoms with E-state index in [1.165, 1.54) is 0 Å². The van der Waals surface area contributed by atoms with Gasteiger partial charge in [-0.05, 0) is 10.8 Å². The molecule has 0 spiro atoms. The SMILES string of the molecule is COCCOC(C(C)(C)C)C(C)(C)C. The van der Waals surface area contributed by atoms with Crippen molar-refractivity contribution in [3.05, 3.63) is 0 Å². The monoisotopic (exact) mass is 202 g/mol. The Kier molecular flexibility index (Phi) is 5.10. The molecule has 2 heteroatoms. The normalized spacial score (nSPS) is 13.7. The molecule has 0 fully saturated rings. The lowest BCUT2D eigenvalue weighted by Crippen LogP contribution is -2.41. The van der Waals surface area contributed by atoms with E-state index in [0.29, 0.717) is 13.2 Å². The molecule has 0 radical (unpaired) electrons. The van der Waals surface area contributed by atoms with Crippen LogP contribution in [0.2, 0.25) is 0 Å². The van der Waals surface area contributed by atoms with E-state index in [-0.39, 0.29) is 16.9 Å². The summed E-state index contributed by atoms with van der Waals surface area (Å²) in [4.78, 5) is 0. The first kappa shape index (κ1) is 13.9. The topological polar surface area (TPSA) is 18.5 Å². The minimum Gasteiger partial charge on any atom is -0.382 e. The van der Waals surface area contributed by atoms with Crippen molar-refractivity contribution < 1.29 is 9.47 Å². The summed E-state index contributed by atoms with van der Waals surface area (Å²) in [7, 11) is 1.70. The summed E-state index contributed by atoms with van der Waals surface area (Å²) in [6.07, 6.45) is 0.255. The quantitative estimate of drug-likeness (QED) is 0.652. The van der Waals surface area contributed by atoms with Gasteiger partial charge in [0.1, 0.15) is 0 Å². The van der Waals surface area contributed by atoms with Crippen molar-refractivity contribution in [3.63, 3.8) is 0 Å². The summed E-state index contributed by atoms with van der Waals surface area (Å²) in [6, 6.07) is 0. The maximum absolute atomic E-state index is 5.89. The van der Waals surface area contributed by atoms with Gasteiger partial charge in [-0.2, -0.15) is 0 Å². The fourth-order valence-electron chi connectivity index (χ4n) is 2.05. The van der Waals surface area contributed by atoms with Crippen LogP contribution in [0.15, 0.2) is 0 Å². The van der Waals surface area contributed by atoms with E-state index in [1.54, 1.807) is 7.11 Å². The Morgan fingerprint density at radius 3 is 1.57 bits per heavy atom. The fourth-order valence-corrected chi connectivity index (χ4v) is 2.05. The second-order valence-corrected chi connectivity index (χ2v) is 5.98. The maximum Gasteiger partial charge on any atom is 0.0704 e. The molecular formula is C12H26O2. The third-order valence-corrected chi connectivity index (χ3v) is 2.15. The average molecular weight is 202 g/mol. The molecule has 0 aliphatic rings. The van der Waals surface area contributed by atoms with Crippen LogP contribution in [-0.4, -0.2) is 26.4 Å². The highest BCUT2D eigenvalue weighted by molar-refractivity contribution is 4.84. The lowest BCUT2D eigenvalue weighted by molar-refractivity contribution is -0.0927. The Labute approximate surface area is 89.0 Å². The number of methoxy groups -OCH3 is 1. The van der Waals surface area contributed by atoms with Crippen molar-refractivity contribution in [1.82, 2.24) is 0 Å². The first-order chi connectivity index (χ1) is 6.19. The molecule has 0 aromatic heterocycles. The van der Waals surface area contributed by atoms with Gasteiger partial charge in [0.15, 0.2) is 0 Å². The standard InChI is InChI=1S/C12H26O2/c1-11(2,3)10(12(4,5)6)14-9-8-13-7/h10H,8-9H2,1-7H3. The van der Waals surface area contributed by atoms with Gasteiger partial charge in [-0.15, -0.1) is 0 Å². The van der Waals surface area contributed by atoms with E-state index in [0.717, 1.165) is 0 Å². The summed E-state index contributed by atoms with van der Waals surface area (Å²) in [5.41, 5.74) is 0.345. The molecule has 0 atom stereocenters. The highest BCUT2D eigenvalue weighted by Gasteiger charge is 2.35. The smallest absolute Gasteiger partial charge is 0.0704 e. The van der Waals surface area contributed by atoms with Gasteiger partial charge in [0.25, 0.3) is 0 Å². The zero-order valence-corrected chi connectivity index (χ0v) is 10.8. The number of rotatable bonds is 4. The van der Waals surface area contributed by atoms with Gasteiger partial charge in [-0.1, -0.05) is 41.5 Å². The van der Waals surface area contributed by atoms with Crippen molar-refractivity contribution >= 4 is 0 Å². The van der Waals surface area contributed by atoms with Crippen LogP contribution in [0.3, 0.4) is 0 Å². The Morgan fingerprint density at radius 1 is 0.857 bits per heavy atom. The Bertz CT molecular complexity index is 137. The molecule has 0 N–H and O–H groups in total. The largest absolute Gasteiger partial charge is 0.382 e. The van der Waals surface area contributed by atoms with Gasteiger partial charge in [-0.25, -0.2) is 0 Å². The highest BCUT2D eigenvalue weighted by atomic mass is 16.5. The molecule has 0 aliphatic heterocycles. The number of hydrogen-bond acceptors (Lipinski definition) is 2. The van der Waals surface area contributed by atoms with E-state index in [1.807, 2.05) is 0 Å². The van der Waals surface area contributed by atoms with Crippen LogP contribution in [0.1, 0.15) is 41.5 Å². The Morgan fingerprint density at radius 2 is 1.29 bits per heavy atom. The molecule has 2 nitrogen and oxygen atoms in total. The van der Waals surface area contributed by atoms with Gasteiger partial charge in [-0.3, -0.25) is 0 Å². The molecule has 0 heterocycles. The van der Waals surface area contributed by atoms with Crippen molar-refractivity contribution in [1.29, 1.82) is 0 Å². The van der Waals surface area contributed by atoms with E-state index in [2.05, 4.69) is 41.5 Å². The molecule has 0 aromatic carbocycles. The van der Waals surface area contributed by atoms with Crippen LogP contribution in [0.25, 0.3) is 0 Å². The maximum atomic E-state index is 5.89. The summed E-state index contributed by atoms with van der Waals surface area (Å²) in [6.45, 7) is 14.7. The van der Waals surface area contributed by atoms with Crippen LogP contribution < -0.4 is 0 Å². The van der Waals surface area contributed by atoms with Gasteiger partial charge >= 0.3 is 0 Å². The molecule has 0 saturated heterocycles. The van der Waals surface area contributed by atoms with Gasteiger partial charge in [0.2, 0.25) is 0 Å². The second-order valence-electron chi connectivity index (χ2n) is 5.98. The van der Waals surface area contributed by atoms with Gasteiger partial charge in [0.05, 0.1) is 19.3 Å².